The Hall–Kier alpha value is -3.21. The molecule has 0 unspecified atom stereocenters. The molecule has 2 bridgehead atoms. The number of fused-ring (bicyclic) bond motifs is 5. The van der Waals surface area contributed by atoms with Crippen LogP contribution in [-0.2, 0) is 9.59 Å². The van der Waals surface area contributed by atoms with Crippen LogP contribution in [0.15, 0.2) is 60.7 Å². The SMILES string of the molecule is Cc1ccccc1NC(=O)c1ccc(N2C(=O)[C@H]3[C@H](C2=O)[C@@H]2C=C[C@@H]3C2)cc1. The lowest BCUT2D eigenvalue weighted by Gasteiger charge is -2.17. The zero-order valence-corrected chi connectivity index (χ0v) is 15.5. The van der Waals surface area contributed by atoms with Crippen molar-refractivity contribution < 1.29 is 14.4 Å². The van der Waals surface area contributed by atoms with Crippen molar-refractivity contribution in [1.29, 1.82) is 0 Å². The predicted molar refractivity (Wildman–Crippen MR) is 106 cm³/mol. The maximum absolute atomic E-state index is 12.9. The van der Waals surface area contributed by atoms with E-state index in [0.29, 0.717) is 11.3 Å². The molecule has 1 saturated heterocycles. The van der Waals surface area contributed by atoms with Gasteiger partial charge >= 0.3 is 0 Å². The number of carbonyl (C=O) groups is 3. The zero-order valence-electron chi connectivity index (χ0n) is 15.5. The number of amides is 3. The van der Waals surface area contributed by atoms with E-state index in [1.54, 1.807) is 24.3 Å². The number of hydrogen-bond acceptors (Lipinski definition) is 3. The van der Waals surface area contributed by atoms with E-state index in [4.69, 9.17) is 0 Å². The molecule has 28 heavy (non-hydrogen) atoms. The van der Waals surface area contributed by atoms with Crippen molar-refractivity contribution in [2.24, 2.45) is 23.7 Å². The molecule has 1 saturated carbocycles. The molecule has 5 heteroatoms. The fraction of sp³-hybridized carbons (Fsp3) is 0.261. The molecule has 5 rings (SSSR count). The summed E-state index contributed by atoms with van der Waals surface area (Å²) in [5.41, 5.74) is 2.76. The third-order valence-electron chi connectivity index (χ3n) is 6.25. The molecule has 2 fully saturated rings. The Kier molecular flexibility index (Phi) is 3.72. The predicted octanol–water partition coefficient (Wildman–Crippen LogP) is 3.56. The van der Waals surface area contributed by atoms with Gasteiger partial charge in [0.05, 0.1) is 17.5 Å². The molecule has 2 aromatic carbocycles. The summed E-state index contributed by atoms with van der Waals surface area (Å²) in [6.07, 6.45) is 5.08. The molecule has 0 radical (unpaired) electrons. The summed E-state index contributed by atoms with van der Waals surface area (Å²) in [4.78, 5) is 39.6. The van der Waals surface area contributed by atoms with Gasteiger partial charge in [-0.2, -0.15) is 0 Å². The lowest BCUT2D eigenvalue weighted by Crippen LogP contribution is -2.32. The van der Waals surface area contributed by atoms with Crippen LogP contribution in [-0.4, -0.2) is 17.7 Å². The molecule has 2 aromatic rings. The van der Waals surface area contributed by atoms with Gasteiger partial charge in [0.2, 0.25) is 11.8 Å². The van der Waals surface area contributed by atoms with Crippen LogP contribution in [0.3, 0.4) is 0 Å². The van der Waals surface area contributed by atoms with Gasteiger partial charge in [-0.1, -0.05) is 30.4 Å². The van der Waals surface area contributed by atoms with E-state index < -0.39 is 0 Å². The molecule has 3 amide bonds. The minimum absolute atomic E-state index is 0.107. The topological polar surface area (TPSA) is 66.5 Å². The lowest BCUT2D eigenvalue weighted by molar-refractivity contribution is -0.123. The number of aryl methyl sites for hydroxylation is 1. The monoisotopic (exact) mass is 372 g/mol. The number of nitrogens with zero attached hydrogens (tertiary/aromatic N) is 1. The number of rotatable bonds is 3. The molecular weight excluding hydrogens is 352 g/mol. The van der Waals surface area contributed by atoms with Crippen molar-refractivity contribution in [2.45, 2.75) is 13.3 Å². The molecule has 1 N–H and O–H groups in total. The van der Waals surface area contributed by atoms with E-state index in [-0.39, 0.29) is 41.4 Å². The minimum atomic E-state index is -0.223. The van der Waals surface area contributed by atoms with Crippen molar-refractivity contribution in [3.8, 4) is 0 Å². The summed E-state index contributed by atoms with van der Waals surface area (Å²) in [7, 11) is 0. The molecule has 4 atom stereocenters. The molecule has 140 valence electrons. The van der Waals surface area contributed by atoms with Crippen molar-refractivity contribution >= 4 is 29.1 Å². The lowest BCUT2D eigenvalue weighted by atomic mass is 9.85. The Balaban J connectivity index is 1.36. The summed E-state index contributed by atoms with van der Waals surface area (Å²) in [5, 5.41) is 2.89. The number of nitrogens with one attached hydrogen (secondary N) is 1. The number of anilines is 2. The Morgan fingerprint density at radius 3 is 2.14 bits per heavy atom. The summed E-state index contributed by atoms with van der Waals surface area (Å²) >= 11 is 0. The van der Waals surface area contributed by atoms with Crippen LogP contribution in [0, 0.1) is 30.6 Å². The summed E-state index contributed by atoms with van der Waals surface area (Å²) in [5.74, 6) is -0.490. The van der Waals surface area contributed by atoms with Crippen molar-refractivity contribution in [1.82, 2.24) is 0 Å². The number of hydrogen-bond donors (Lipinski definition) is 1. The van der Waals surface area contributed by atoms with Crippen LogP contribution >= 0.6 is 0 Å². The standard InChI is InChI=1S/C23H20N2O3/c1-13-4-2-3-5-18(13)24-21(26)14-8-10-17(11-9-14)25-22(27)19-15-6-7-16(12-15)20(19)23(25)28/h2-11,15-16,19-20H,12H2,1H3,(H,24,26)/t15-,16-,19-,20-/m1/s1. The first-order valence-corrected chi connectivity index (χ1v) is 9.58. The molecule has 0 spiro atoms. The van der Waals surface area contributed by atoms with Crippen LogP contribution in [0.5, 0.6) is 0 Å². The Morgan fingerprint density at radius 2 is 1.54 bits per heavy atom. The number of allylic oxidation sites excluding steroid dienone is 2. The first kappa shape index (κ1) is 16.9. The van der Waals surface area contributed by atoms with E-state index in [1.807, 2.05) is 31.2 Å². The van der Waals surface area contributed by atoms with E-state index >= 15 is 0 Å². The summed E-state index contributed by atoms with van der Waals surface area (Å²) < 4.78 is 0. The number of carbonyl (C=O) groups excluding carboxylic acids is 3. The van der Waals surface area contributed by atoms with Crippen LogP contribution in [0.1, 0.15) is 22.3 Å². The maximum atomic E-state index is 12.9. The highest BCUT2D eigenvalue weighted by Gasteiger charge is 2.59. The Morgan fingerprint density at radius 1 is 0.929 bits per heavy atom. The molecule has 3 aliphatic rings. The van der Waals surface area contributed by atoms with E-state index in [2.05, 4.69) is 17.5 Å². The second kappa shape index (κ2) is 6.16. The quantitative estimate of drug-likeness (QED) is 0.662. The molecule has 1 aliphatic heterocycles. The van der Waals surface area contributed by atoms with E-state index in [9.17, 15) is 14.4 Å². The van der Waals surface area contributed by atoms with Gasteiger partial charge in [0.15, 0.2) is 0 Å². The van der Waals surface area contributed by atoms with Gasteiger partial charge in [0.25, 0.3) is 5.91 Å². The van der Waals surface area contributed by atoms with Gasteiger partial charge in [0, 0.05) is 11.3 Å². The molecule has 5 nitrogen and oxygen atoms in total. The first-order chi connectivity index (χ1) is 13.5. The maximum Gasteiger partial charge on any atom is 0.255 e. The van der Waals surface area contributed by atoms with E-state index in [1.165, 1.54) is 4.90 Å². The van der Waals surface area contributed by atoms with Gasteiger partial charge in [-0.25, -0.2) is 0 Å². The zero-order chi connectivity index (χ0) is 19.4. The molecule has 1 heterocycles. The van der Waals surface area contributed by atoms with Crippen LogP contribution in [0.25, 0.3) is 0 Å². The van der Waals surface area contributed by atoms with Crippen molar-refractivity contribution in [3.63, 3.8) is 0 Å². The Labute approximate surface area is 163 Å². The minimum Gasteiger partial charge on any atom is -0.322 e. The van der Waals surface area contributed by atoms with Gasteiger partial charge in [-0.15, -0.1) is 0 Å². The van der Waals surface area contributed by atoms with Gasteiger partial charge in [-0.05, 0) is 61.1 Å². The van der Waals surface area contributed by atoms with Gasteiger partial charge < -0.3 is 5.32 Å². The third kappa shape index (κ3) is 2.43. The third-order valence-corrected chi connectivity index (χ3v) is 6.25. The number of imide groups is 1. The highest BCUT2D eigenvalue weighted by atomic mass is 16.2. The number of benzene rings is 2. The molecule has 2 aliphatic carbocycles. The first-order valence-electron chi connectivity index (χ1n) is 9.58. The van der Waals surface area contributed by atoms with Gasteiger partial charge in [0.1, 0.15) is 0 Å². The van der Waals surface area contributed by atoms with E-state index in [0.717, 1.165) is 17.7 Å². The van der Waals surface area contributed by atoms with Crippen LogP contribution in [0.2, 0.25) is 0 Å². The summed E-state index contributed by atoms with van der Waals surface area (Å²) in [6, 6.07) is 14.2. The van der Waals surface area contributed by atoms with Gasteiger partial charge in [-0.3, -0.25) is 19.3 Å². The number of para-hydroxylation sites is 1. The van der Waals surface area contributed by atoms with Crippen LogP contribution < -0.4 is 10.2 Å². The van der Waals surface area contributed by atoms with Crippen molar-refractivity contribution in [2.75, 3.05) is 10.2 Å². The smallest absolute Gasteiger partial charge is 0.255 e. The second-order valence-corrected chi connectivity index (χ2v) is 7.83. The van der Waals surface area contributed by atoms with Crippen molar-refractivity contribution in [3.05, 3.63) is 71.8 Å². The largest absolute Gasteiger partial charge is 0.322 e. The Bertz CT molecular complexity index is 994. The fourth-order valence-corrected chi connectivity index (χ4v) is 4.83. The highest BCUT2D eigenvalue weighted by Crippen LogP contribution is 2.53. The summed E-state index contributed by atoms with van der Waals surface area (Å²) in [6.45, 7) is 1.93. The molecule has 0 aromatic heterocycles. The average Bonchev–Trinajstić information content (AvgIpc) is 3.38. The second-order valence-electron chi connectivity index (χ2n) is 7.83. The normalized spacial score (nSPS) is 27.4. The highest BCUT2D eigenvalue weighted by molar-refractivity contribution is 6.23. The fourth-order valence-electron chi connectivity index (χ4n) is 4.83. The van der Waals surface area contributed by atoms with Crippen LogP contribution in [0.4, 0.5) is 11.4 Å². The average molecular weight is 372 g/mol. The molecular formula is C23H20N2O3.